The summed E-state index contributed by atoms with van der Waals surface area (Å²) in [5, 5.41) is 25.4. The molecule has 0 aliphatic carbocycles. The molecule has 5 aromatic carbocycles. The summed E-state index contributed by atoms with van der Waals surface area (Å²) in [6, 6.07) is 35.5. The smallest absolute Gasteiger partial charge is 0.433 e. The molecule has 9 aromatic rings. The van der Waals surface area contributed by atoms with Crippen molar-refractivity contribution in [3.63, 3.8) is 0 Å². The van der Waals surface area contributed by atoms with Crippen LogP contribution in [0.5, 0.6) is 17.6 Å². The van der Waals surface area contributed by atoms with Gasteiger partial charge in [-0.15, -0.1) is 0 Å². The lowest BCUT2D eigenvalue weighted by Gasteiger charge is -2.14. The van der Waals surface area contributed by atoms with Crippen LogP contribution in [0.3, 0.4) is 0 Å². The van der Waals surface area contributed by atoms with Gasteiger partial charge in [-0.2, -0.15) is 50.0 Å². The number of esters is 1. The van der Waals surface area contributed by atoms with Crippen molar-refractivity contribution in [1.29, 1.82) is 10.5 Å². The Morgan fingerprint density at radius 2 is 0.750 bits per heavy atom. The van der Waals surface area contributed by atoms with Crippen molar-refractivity contribution in [2.45, 2.75) is 182 Å². The van der Waals surface area contributed by atoms with Crippen molar-refractivity contribution in [2.24, 2.45) is 11.5 Å². The SMILES string of the molecule is CC(C(=O)O)c1ccc(CCS(C)(=O)=O)c(F)c1.CCCCOc1nc(C(F)(F)F)ccc1C#N.CCCCOc1nc(C(F)(F)F)ccc1CN.CCCCOc1nc(C)ccc1CCC(=O)C(C)c1ccc(CCS(C)(=O)=O)c(F)c1.CCOC(=O)C(C)c1ccc(CCS(C)(=O)=O)c(F)c1.CS(=O)(=O)CCc1ccc(Br)cc1F.N#Cc1ccc(C(F)(F)F)nc1Cl.NCc1ccc(Br)cc1F. The first-order valence-electron chi connectivity index (χ1n) is 42.9. The number of pyridine rings is 4. The maximum atomic E-state index is 14.4. The molecular weight excluding hydrogens is 2100 g/mol. The molecule has 5 N–H and O–H groups in total. The number of ether oxygens (including phenoxy) is 4. The average molecular weight is 2210 g/mol. The Bertz CT molecular complexity index is 6130. The Kier molecular flexibility index (Phi) is 54.6. The van der Waals surface area contributed by atoms with Gasteiger partial charge in [-0.05, 0) is 197 Å². The van der Waals surface area contributed by atoms with E-state index in [-0.39, 0.29) is 121 Å². The molecule has 9 rings (SSSR count). The van der Waals surface area contributed by atoms with Gasteiger partial charge in [-0.1, -0.05) is 151 Å². The highest BCUT2D eigenvalue weighted by Crippen LogP contribution is 2.34. The van der Waals surface area contributed by atoms with E-state index in [2.05, 4.69) is 58.7 Å². The van der Waals surface area contributed by atoms with Crippen LogP contribution in [0.25, 0.3) is 0 Å². The molecule has 24 nitrogen and oxygen atoms in total. The zero-order valence-electron chi connectivity index (χ0n) is 78.5. The van der Waals surface area contributed by atoms with Gasteiger partial charge in [0.25, 0.3) is 0 Å². The molecule has 0 fully saturated rings. The number of ketones is 1. The Morgan fingerprint density at radius 1 is 0.429 bits per heavy atom. The molecule has 140 heavy (non-hydrogen) atoms. The van der Waals surface area contributed by atoms with Gasteiger partial charge in [0.2, 0.25) is 17.6 Å². The van der Waals surface area contributed by atoms with Gasteiger partial charge in [0.15, 0.2) is 0 Å². The summed E-state index contributed by atoms with van der Waals surface area (Å²) in [6.07, 6.45) is -2.51. The number of alkyl halides is 9. The van der Waals surface area contributed by atoms with Gasteiger partial charge in [0, 0.05) is 81.8 Å². The summed E-state index contributed by atoms with van der Waals surface area (Å²) in [4.78, 5) is 49.3. The van der Waals surface area contributed by atoms with Crippen LogP contribution in [-0.4, -0.2) is 151 Å². The number of hydrogen-bond acceptors (Lipinski definition) is 23. The molecular formula is C95H111Br2ClF14N8O16S4. The highest BCUT2D eigenvalue weighted by molar-refractivity contribution is 9.10. The van der Waals surface area contributed by atoms with E-state index in [1.54, 1.807) is 75.4 Å². The van der Waals surface area contributed by atoms with Crippen LogP contribution in [0, 0.1) is 58.7 Å². The molecule has 45 heteroatoms. The quantitative estimate of drug-likeness (QED) is 0.0142. The maximum Gasteiger partial charge on any atom is 0.433 e. The summed E-state index contributed by atoms with van der Waals surface area (Å²) in [6.45, 7) is 16.3. The Morgan fingerprint density at radius 3 is 1.09 bits per heavy atom. The van der Waals surface area contributed by atoms with Crippen molar-refractivity contribution in [2.75, 3.05) is 74.5 Å². The number of halogens is 17. The first-order valence-corrected chi connectivity index (χ1v) is 53.1. The minimum atomic E-state index is -4.53. The number of hydrogen-bond donors (Lipinski definition) is 3. The monoisotopic (exact) mass is 2210 g/mol. The van der Waals surface area contributed by atoms with Gasteiger partial charge >= 0.3 is 30.5 Å². The van der Waals surface area contributed by atoms with Gasteiger partial charge in [-0.3, -0.25) is 14.4 Å². The highest BCUT2D eigenvalue weighted by atomic mass is 79.9. The number of carbonyl (C=O) groups is 3. The molecule has 0 saturated heterocycles. The van der Waals surface area contributed by atoms with Crippen LogP contribution in [0.4, 0.5) is 61.5 Å². The predicted molar refractivity (Wildman–Crippen MR) is 512 cm³/mol. The number of Topliss-reactive ketones (excluding diaryl/α,β-unsaturated/α-hetero) is 1. The second-order valence-electron chi connectivity index (χ2n) is 31.2. The van der Waals surface area contributed by atoms with E-state index in [1.807, 2.05) is 32.9 Å². The number of nitriles is 2. The third kappa shape index (κ3) is 49.4. The summed E-state index contributed by atoms with van der Waals surface area (Å²) >= 11 is 11.6. The number of aryl methyl sites for hydroxylation is 6. The van der Waals surface area contributed by atoms with Crippen molar-refractivity contribution < 1.29 is 134 Å². The van der Waals surface area contributed by atoms with Gasteiger partial charge in [-0.25, -0.2) is 75.6 Å². The summed E-state index contributed by atoms with van der Waals surface area (Å²) in [5.41, 5.74) is 13.1. The summed E-state index contributed by atoms with van der Waals surface area (Å²) in [7, 11) is -12.5. The van der Waals surface area contributed by atoms with E-state index in [0.29, 0.717) is 93.4 Å². The van der Waals surface area contributed by atoms with Gasteiger partial charge < -0.3 is 35.5 Å². The summed E-state index contributed by atoms with van der Waals surface area (Å²) in [5.74, 6) is -5.44. The predicted octanol–water partition coefficient (Wildman–Crippen LogP) is 21.0. The van der Waals surface area contributed by atoms with Crippen LogP contribution in [0.2, 0.25) is 5.15 Å². The van der Waals surface area contributed by atoms with Crippen molar-refractivity contribution >= 4 is 101 Å². The Labute approximate surface area is 828 Å². The number of carboxylic acid groups (broad SMARTS) is 1. The zero-order valence-corrected chi connectivity index (χ0v) is 85.7. The summed E-state index contributed by atoms with van der Waals surface area (Å²) < 4.78 is 289. The van der Waals surface area contributed by atoms with Crippen LogP contribution < -0.4 is 25.7 Å². The minimum absolute atomic E-state index is 0.00312. The van der Waals surface area contributed by atoms with Gasteiger partial charge in [0.1, 0.15) is 114 Å². The minimum Gasteiger partial charge on any atom is -0.481 e. The van der Waals surface area contributed by atoms with Crippen molar-refractivity contribution in [3.05, 3.63) is 272 Å². The van der Waals surface area contributed by atoms with Crippen LogP contribution in [0.1, 0.15) is 201 Å². The molecule has 4 aromatic heterocycles. The first-order chi connectivity index (χ1) is 65.1. The molecule has 770 valence electrons. The molecule has 0 saturated carbocycles. The molecule has 0 amide bonds. The standard InChI is InChI=1S/C24H32FNO4S.C14H19FO4S.C12H15FO4S.C11H15F3N2O.C11H11F3N2O.C9H10BrFO2S.C7H7BrFN.C7H2ClF3N2/c1-5-6-14-30-24-20(8-7-17(2)26-24)11-12-23(27)18(3)21-10-9-19(22(25)16-21)13-15-31(4,28)29;1-4-19-14(16)10(2)12-6-5-11(13(15)9-12)7-8-20(3,17)18;1-8(12(14)15)10-4-3-9(11(13)7-10)5-6-18(2,16)17;2*1-2-3-6-17-10-8(7-15)4-5-9(16-10)11(12,13)14;1-14(12,13)5-4-7-2-3-8(10)6-9(7)11;8-6-2-1-5(4-10)7(9)3-6;8-6-4(3-12)1-2-5(13-6)7(9,10)11/h7-10,16,18H,5-6,11-15H2,1-4H3;5-6,9-10H,4,7-8H2,1-3H3;3-4,7-8H,5-6H2,1-2H3,(H,14,15);4-5H,2-3,6-7,15H2,1H3;4-5H,2-3,6H2,1H3;2-3,6H,4-5H2,1H3;1-3H,4,10H2;1-2H. The number of sulfone groups is 4. The number of unbranched alkanes of at least 4 members (excludes halogenated alkanes) is 3. The van der Waals surface area contributed by atoms with E-state index in [9.17, 15) is 110 Å². The van der Waals surface area contributed by atoms with Gasteiger partial charge in [0.05, 0.1) is 66.8 Å². The molecule has 0 spiro atoms. The van der Waals surface area contributed by atoms with Crippen LogP contribution in [-0.2, 0) is 122 Å². The van der Waals surface area contributed by atoms with E-state index in [1.165, 1.54) is 55.5 Å². The third-order valence-electron chi connectivity index (χ3n) is 19.4. The van der Waals surface area contributed by atoms with Crippen molar-refractivity contribution in [3.8, 4) is 29.8 Å². The Balaban J connectivity index is 0.000000552. The number of rotatable bonds is 36. The van der Waals surface area contributed by atoms with Crippen LogP contribution >= 0.6 is 43.5 Å². The zero-order chi connectivity index (χ0) is 106. The fourth-order valence-electron chi connectivity index (χ4n) is 11.1. The molecule has 3 atom stereocenters. The third-order valence-corrected chi connectivity index (χ3v) is 24.4. The molecule has 3 unspecified atom stereocenters. The number of aliphatic carboxylic acids is 1. The maximum absolute atomic E-state index is 14.4. The molecule has 0 aliphatic rings. The number of aromatic nitrogens is 4. The normalized spacial score (nSPS) is 12.0. The largest absolute Gasteiger partial charge is 0.481 e. The number of nitrogens with two attached hydrogens (primary N) is 2. The lowest BCUT2D eigenvalue weighted by molar-refractivity contribution is -0.144. The van der Waals surface area contributed by atoms with Crippen LogP contribution in [0.15, 0.2) is 148 Å². The average Bonchev–Trinajstić information content (AvgIpc) is 0.736. The highest BCUT2D eigenvalue weighted by Gasteiger charge is 2.36. The lowest BCUT2D eigenvalue weighted by Crippen LogP contribution is -2.13. The fraction of sp³-hybridized carbons (Fsp3) is 0.421. The molecule has 4 heterocycles. The van der Waals surface area contributed by atoms with E-state index >= 15 is 0 Å². The molecule has 0 aliphatic heterocycles. The molecule has 0 bridgehead atoms. The van der Waals surface area contributed by atoms with E-state index in [4.69, 9.17) is 57.6 Å². The number of carbonyl (C=O) groups excluding carboxylic acids is 2. The number of benzene rings is 5. The molecule has 0 radical (unpaired) electrons. The second kappa shape index (κ2) is 60.8. The van der Waals surface area contributed by atoms with E-state index < -0.39 is 127 Å². The number of carboxylic acids is 1. The van der Waals surface area contributed by atoms with Crippen molar-refractivity contribution in [1.82, 2.24) is 19.9 Å². The first kappa shape index (κ1) is 126. The Hall–Kier alpha value is -10.3. The topological polar surface area (TPSA) is 396 Å². The number of nitrogens with zero attached hydrogens (tertiary/aromatic N) is 6. The second-order valence-corrected chi connectivity index (χ2v) is 42.4. The fourth-order valence-corrected chi connectivity index (χ4v) is 14.3. The lowest BCUT2D eigenvalue weighted by atomic mass is 9.92. The van der Waals surface area contributed by atoms with E-state index in [0.717, 1.165) is 103 Å².